The van der Waals surface area contributed by atoms with Crippen LogP contribution in [0.15, 0.2) is 84.0 Å². The topological polar surface area (TPSA) is 50.7 Å². The molecule has 1 amide bonds. The maximum absolute atomic E-state index is 13.5. The lowest BCUT2D eigenvalue weighted by molar-refractivity contribution is 0.0951. The summed E-state index contributed by atoms with van der Waals surface area (Å²) in [6, 6.07) is 22.9. The standard InChI is InChI=1S/C21H17FN2O2/c22-20-12-5-4-11-19(20)21(25)24-23-14-17-9-6-10-18(13-17)26-15-16-7-2-1-3-8-16/h1-14H,15H2,(H,24,25)/b23-14+. The number of hydrogen-bond donors (Lipinski definition) is 1. The highest BCUT2D eigenvalue weighted by Gasteiger charge is 2.09. The van der Waals surface area contributed by atoms with Crippen molar-refractivity contribution in [3.63, 3.8) is 0 Å². The average Bonchev–Trinajstić information content (AvgIpc) is 2.68. The van der Waals surface area contributed by atoms with Gasteiger partial charge in [-0.2, -0.15) is 5.10 Å². The number of amides is 1. The molecule has 3 aromatic rings. The highest BCUT2D eigenvalue weighted by Crippen LogP contribution is 2.14. The van der Waals surface area contributed by atoms with Gasteiger partial charge in [-0.15, -0.1) is 0 Å². The molecule has 26 heavy (non-hydrogen) atoms. The third kappa shape index (κ3) is 4.77. The van der Waals surface area contributed by atoms with Gasteiger partial charge in [-0.1, -0.05) is 54.6 Å². The fraction of sp³-hybridized carbons (Fsp3) is 0.0476. The number of hydrogen-bond acceptors (Lipinski definition) is 3. The van der Waals surface area contributed by atoms with Gasteiger partial charge in [0.2, 0.25) is 0 Å². The molecule has 0 heterocycles. The average molecular weight is 348 g/mol. The Morgan fingerprint density at radius 3 is 2.58 bits per heavy atom. The second kappa shape index (κ2) is 8.58. The van der Waals surface area contributed by atoms with Crippen LogP contribution in [0, 0.1) is 5.82 Å². The number of rotatable bonds is 6. The highest BCUT2D eigenvalue weighted by molar-refractivity contribution is 5.95. The van der Waals surface area contributed by atoms with E-state index in [-0.39, 0.29) is 5.56 Å². The summed E-state index contributed by atoms with van der Waals surface area (Å²) < 4.78 is 19.3. The van der Waals surface area contributed by atoms with E-state index in [0.29, 0.717) is 12.4 Å². The Balaban J connectivity index is 1.59. The molecule has 4 nitrogen and oxygen atoms in total. The van der Waals surface area contributed by atoms with Crippen LogP contribution in [0.4, 0.5) is 4.39 Å². The van der Waals surface area contributed by atoms with E-state index >= 15 is 0 Å². The van der Waals surface area contributed by atoms with E-state index in [4.69, 9.17) is 4.74 Å². The Kier molecular flexibility index (Phi) is 5.72. The number of hydrazone groups is 1. The lowest BCUT2D eigenvalue weighted by Crippen LogP contribution is -2.18. The summed E-state index contributed by atoms with van der Waals surface area (Å²) in [6.45, 7) is 0.464. The first-order valence-electron chi connectivity index (χ1n) is 8.07. The van der Waals surface area contributed by atoms with E-state index in [9.17, 15) is 9.18 Å². The van der Waals surface area contributed by atoms with Crippen molar-refractivity contribution in [1.82, 2.24) is 5.43 Å². The molecule has 0 saturated carbocycles. The second-order valence-electron chi connectivity index (χ2n) is 5.53. The zero-order valence-corrected chi connectivity index (χ0v) is 13.9. The number of halogens is 1. The Morgan fingerprint density at radius 1 is 1.00 bits per heavy atom. The molecule has 5 heteroatoms. The molecule has 0 bridgehead atoms. The van der Waals surface area contributed by atoms with E-state index < -0.39 is 11.7 Å². The van der Waals surface area contributed by atoms with Crippen LogP contribution >= 0.6 is 0 Å². The van der Waals surface area contributed by atoms with Gasteiger partial charge >= 0.3 is 0 Å². The second-order valence-corrected chi connectivity index (χ2v) is 5.53. The van der Waals surface area contributed by atoms with Gasteiger partial charge < -0.3 is 4.74 Å². The minimum Gasteiger partial charge on any atom is -0.489 e. The number of carbonyl (C=O) groups excluding carboxylic acids is 1. The molecule has 0 aliphatic heterocycles. The predicted molar refractivity (Wildman–Crippen MR) is 98.7 cm³/mol. The van der Waals surface area contributed by atoms with Crippen LogP contribution in [0.2, 0.25) is 0 Å². The largest absolute Gasteiger partial charge is 0.489 e. The first-order valence-corrected chi connectivity index (χ1v) is 8.07. The van der Waals surface area contributed by atoms with Gasteiger partial charge in [0.25, 0.3) is 5.91 Å². The first kappa shape index (κ1) is 17.4. The minimum absolute atomic E-state index is 0.0513. The minimum atomic E-state index is -0.601. The number of carbonyl (C=O) groups is 1. The van der Waals surface area contributed by atoms with Gasteiger partial charge in [0.15, 0.2) is 0 Å². The van der Waals surface area contributed by atoms with Crippen molar-refractivity contribution in [2.24, 2.45) is 5.10 Å². The van der Waals surface area contributed by atoms with Gasteiger partial charge in [0.1, 0.15) is 18.2 Å². The van der Waals surface area contributed by atoms with Gasteiger partial charge in [-0.05, 0) is 35.4 Å². The Bertz CT molecular complexity index is 911. The summed E-state index contributed by atoms with van der Waals surface area (Å²) >= 11 is 0. The zero-order valence-electron chi connectivity index (χ0n) is 13.9. The molecule has 0 aliphatic carbocycles. The summed E-state index contributed by atoms with van der Waals surface area (Å²) in [5, 5.41) is 3.87. The van der Waals surface area contributed by atoms with Crippen molar-refractivity contribution < 1.29 is 13.9 Å². The monoisotopic (exact) mass is 348 g/mol. The van der Waals surface area contributed by atoms with E-state index in [1.807, 2.05) is 54.6 Å². The molecular formula is C21H17FN2O2. The SMILES string of the molecule is O=C(N/N=C/c1cccc(OCc2ccccc2)c1)c1ccccc1F. The zero-order chi connectivity index (χ0) is 18.2. The molecule has 130 valence electrons. The summed E-state index contributed by atoms with van der Waals surface area (Å²) in [6.07, 6.45) is 1.48. The summed E-state index contributed by atoms with van der Waals surface area (Å²) in [7, 11) is 0. The van der Waals surface area contributed by atoms with E-state index in [1.54, 1.807) is 6.07 Å². The molecule has 3 aromatic carbocycles. The van der Waals surface area contributed by atoms with Crippen molar-refractivity contribution in [2.45, 2.75) is 6.61 Å². The molecule has 0 radical (unpaired) electrons. The van der Waals surface area contributed by atoms with Crippen molar-refractivity contribution in [2.75, 3.05) is 0 Å². The molecule has 0 fully saturated rings. The van der Waals surface area contributed by atoms with Gasteiger partial charge in [-0.3, -0.25) is 4.79 Å². The number of benzene rings is 3. The van der Waals surface area contributed by atoms with Crippen LogP contribution in [0.5, 0.6) is 5.75 Å². The molecule has 0 spiro atoms. The Morgan fingerprint density at radius 2 is 1.77 bits per heavy atom. The maximum atomic E-state index is 13.5. The summed E-state index contributed by atoms with van der Waals surface area (Å²) in [5.41, 5.74) is 4.09. The summed E-state index contributed by atoms with van der Waals surface area (Å²) in [4.78, 5) is 11.9. The molecule has 0 aromatic heterocycles. The Labute approximate surface area is 150 Å². The third-order valence-corrected chi connectivity index (χ3v) is 3.60. The smallest absolute Gasteiger partial charge is 0.274 e. The van der Waals surface area contributed by atoms with Crippen LogP contribution in [-0.2, 0) is 6.61 Å². The molecule has 0 saturated heterocycles. The molecule has 0 atom stereocenters. The highest BCUT2D eigenvalue weighted by atomic mass is 19.1. The molecule has 1 N–H and O–H groups in total. The predicted octanol–water partition coefficient (Wildman–Crippen LogP) is 4.17. The van der Waals surface area contributed by atoms with Crippen molar-refractivity contribution in [3.05, 3.63) is 101 Å². The van der Waals surface area contributed by atoms with Crippen molar-refractivity contribution >= 4 is 12.1 Å². The number of nitrogens with one attached hydrogen (secondary N) is 1. The summed E-state index contributed by atoms with van der Waals surface area (Å²) in [5.74, 6) is -0.495. The fourth-order valence-electron chi connectivity index (χ4n) is 2.30. The molecule has 3 rings (SSSR count). The van der Waals surface area contributed by atoms with Crippen LogP contribution in [0.25, 0.3) is 0 Å². The molecule has 0 unspecified atom stereocenters. The maximum Gasteiger partial charge on any atom is 0.274 e. The quantitative estimate of drug-likeness (QED) is 0.537. The number of ether oxygens (including phenoxy) is 1. The van der Waals surface area contributed by atoms with Crippen molar-refractivity contribution in [3.8, 4) is 5.75 Å². The normalized spacial score (nSPS) is 10.7. The van der Waals surface area contributed by atoms with Crippen LogP contribution in [0.1, 0.15) is 21.5 Å². The molecular weight excluding hydrogens is 331 g/mol. The Hall–Kier alpha value is -3.47. The van der Waals surface area contributed by atoms with Crippen LogP contribution < -0.4 is 10.2 Å². The van der Waals surface area contributed by atoms with E-state index in [0.717, 1.165) is 11.1 Å². The first-order chi connectivity index (χ1) is 12.7. The molecule has 0 aliphatic rings. The number of nitrogens with zero attached hydrogens (tertiary/aromatic N) is 1. The van der Waals surface area contributed by atoms with E-state index in [1.165, 1.54) is 24.4 Å². The van der Waals surface area contributed by atoms with Crippen LogP contribution in [0.3, 0.4) is 0 Å². The lowest BCUT2D eigenvalue weighted by Gasteiger charge is -2.06. The van der Waals surface area contributed by atoms with Gasteiger partial charge in [0, 0.05) is 0 Å². The third-order valence-electron chi connectivity index (χ3n) is 3.60. The van der Waals surface area contributed by atoms with E-state index in [2.05, 4.69) is 10.5 Å². The fourth-order valence-corrected chi connectivity index (χ4v) is 2.30. The lowest BCUT2D eigenvalue weighted by atomic mass is 10.2. The van der Waals surface area contributed by atoms with Gasteiger partial charge in [-0.25, -0.2) is 9.82 Å². The van der Waals surface area contributed by atoms with Crippen LogP contribution in [-0.4, -0.2) is 12.1 Å². The van der Waals surface area contributed by atoms with Gasteiger partial charge in [0.05, 0.1) is 11.8 Å². The van der Waals surface area contributed by atoms with Crippen molar-refractivity contribution in [1.29, 1.82) is 0 Å².